The molecule has 98 valence electrons. The molecule has 0 spiro atoms. The van der Waals surface area contributed by atoms with Gasteiger partial charge < -0.3 is 10.6 Å². The van der Waals surface area contributed by atoms with Crippen molar-refractivity contribution >= 4 is 5.84 Å². The summed E-state index contributed by atoms with van der Waals surface area (Å²) in [6, 6.07) is 6.68. The molecule has 0 aromatic heterocycles. The van der Waals surface area contributed by atoms with Gasteiger partial charge in [0.2, 0.25) is 0 Å². The van der Waals surface area contributed by atoms with Crippen LogP contribution in [-0.2, 0) is 0 Å². The lowest BCUT2D eigenvalue weighted by Gasteiger charge is -2.29. The van der Waals surface area contributed by atoms with Crippen molar-refractivity contribution < 1.29 is 0 Å². The minimum absolute atomic E-state index is 0.102. The third kappa shape index (κ3) is 2.27. The Morgan fingerprint density at radius 3 is 2.67 bits per heavy atom. The second kappa shape index (κ2) is 5.11. The number of hydrogen-bond donors (Lipinski definition) is 1. The summed E-state index contributed by atoms with van der Waals surface area (Å²) in [5.74, 6) is 1.04. The number of hydrogen-bond acceptors (Lipinski definition) is 3. The molecule has 0 radical (unpaired) electrons. The van der Waals surface area contributed by atoms with Gasteiger partial charge in [0.25, 0.3) is 0 Å². The van der Waals surface area contributed by atoms with Crippen molar-refractivity contribution in [2.45, 2.75) is 39.8 Å². The average molecular weight is 245 g/mol. The van der Waals surface area contributed by atoms with Crippen LogP contribution in [0.2, 0.25) is 0 Å². The van der Waals surface area contributed by atoms with Crippen LogP contribution < -0.4 is 5.73 Å². The minimum atomic E-state index is -0.102. The summed E-state index contributed by atoms with van der Waals surface area (Å²) in [7, 11) is 0. The fourth-order valence-corrected chi connectivity index (χ4v) is 2.53. The summed E-state index contributed by atoms with van der Waals surface area (Å²) in [4.78, 5) is 6.91. The van der Waals surface area contributed by atoms with Crippen molar-refractivity contribution in [3.05, 3.63) is 34.9 Å². The normalized spacial score (nSPS) is 17.2. The highest BCUT2D eigenvalue weighted by molar-refractivity contribution is 5.90. The van der Waals surface area contributed by atoms with E-state index in [1.807, 2.05) is 0 Å². The Labute approximate surface area is 110 Å². The molecule has 0 fully saturated rings. The van der Waals surface area contributed by atoms with Crippen molar-refractivity contribution in [1.82, 2.24) is 4.90 Å². The molecular weight excluding hydrogens is 222 g/mol. The summed E-state index contributed by atoms with van der Waals surface area (Å²) in [5.41, 5.74) is 10.2. The van der Waals surface area contributed by atoms with Gasteiger partial charge in [-0.05, 0) is 44.4 Å². The predicted octanol–water partition coefficient (Wildman–Crippen LogP) is 2.43. The third-order valence-corrected chi connectivity index (χ3v) is 3.79. The number of rotatable bonds is 3. The van der Waals surface area contributed by atoms with E-state index >= 15 is 0 Å². The zero-order valence-corrected chi connectivity index (χ0v) is 11.8. The molecule has 0 saturated heterocycles. The third-order valence-electron chi connectivity index (χ3n) is 3.79. The van der Waals surface area contributed by atoms with Crippen LogP contribution in [0.3, 0.4) is 0 Å². The first-order valence-electron chi connectivity index (χ1n) is 6.65. The highest BCUT2D eigenvalue weighted by Crippen LogP contribution is 2.23. The van der Waals surface area contributed by atoms with E-state index in [-0.39, 0.29) is 6.04 Å². The number of aliphatic imine (C=N–C) groups is 1. The van der Waals surface area contributed by atoms with Crippen molar-refractivity contribution in [3.8, 4) is 0 Å². The SMILES string of the molecule is Cc1cccc(C(N)C2=NCCN2C(C)C)c1C. The average Bonchev–Trinajstić information content (AvgIpc) is 2.81. The van der Waals surface area contributed by atoms with E-state index in [4.69, 9.17) is 5.73 Å². The van der Waals surface area contributed by atoms with Gasteiger partial charge in [0.15, 0.2) is 0 Å². The molecule has 1 aromatic rings. The summed E-state index contributed by atoms with van der Waals surface area (Å²) in [6.07, 6.45) is 0. The summed E-state index contributed by atoms with van der Waals surface area (Å²) < 4.78 is 0. The van der Waals surface area contributed by atoms with E-state index < -0.39 is 0 Å². The van der Waals surface area contributed by atoms with E-state index in [0.717, 1.165) is 18.9 Å². The van der Waals surface area contributed by atoms with Crippen LogP contribution in [-0.4, -0.2) is 29.9 Å². The van der Waals surface area contributed by atoms with Crippen molar-refractivity contribution in [1.29, 1.82) is 0 Å². The Morgan fingerprint density at radius 1 is 1.28 bits per heavy atom. The van der Waals surface area contributed by atoms with Crippen LogP contribution in [0.15, 0.2) is 23.2 Å². The highest BCUT2D eigenvalue weighted by atomic mass is 15.3. The Morgan fingerprint density at radius 2 is 2.00 bits per heavy atom. The number of aryl methyl sites for hydroxylation is 1. The lowest BCUT2D eigenvalue weighted by atomic mass is 9.97. The molecule has 2 rings (SSSR count). The minimum Gasteiger partial charge on any atom is -0.354 e. The molecule has 18 heavy (non-hydrogen) atoms. The standard InChI is InChI=1S/C15H23N3/c1-10(2)18-9-8-17-15(18)14(16)13-7-5-6-11(3)12(13)4/h5-7,10,14H,8-9,16H2,1-4H3. The molecule has 3 nitrogen and oxygen atoms in total. The molecule has 1 heterocycles. The van der Waals surface area contributed by atoms with Gasteiger partial charge in [-0.25, -0.2) is 0 Å². The molecule has 1 atom stereocenters. The lowest BCUT2D eigenvalue weighted by molar-refractivity contribution is 0.370. The largest absolute Gasteiger partial charge is 0.354 e. The fourth-order valence-electron chi connectivity index (χ4n) is 2.53. The molecule has 0 aliphatic carbocycles. The van der Waals surface area contributed by atoms with Gasteiger partial charge >= 0.3 is 0 Å². The number of amidine groups is 1. The molecular formula is C15H23N3. The smallest absolute Gasteiger partial charge is 0.121 e. The van der Waals surface area contributed by atoms with E-state index in [1.54, 1.807) is 0 Å². The number of benzene rings is 1. The van der Waals surface area contributed by atoms with Crippen molar-refractivity contribution in [2.75, 3.05) is 13.1 Å². The Kier molecular flexibility index (Phi) is 3.71. The van der Waals surface area contributed by atoms with Gasteiger partial charge in [-0.3, -0.25) is 4.99 Å². The van der Waals surface area contributed by atoms with Gasteiger partial charge in [0, 0.05) is 12.6 Å². The zero-order valence-electron chi connectivity index (χ0n) is 11.8. The zero-order chi connectivity index (χ0) is 13.3. The molecule has 1 aliphatic rings. The van der Waals surface area contributed by atoms with E-state index in [9.17, 15) is 0 Å². The molecule has 2 N–H and O–H groups in total. The lowest BCUT2D eigenvalue weighted by Crippen LogP contribution is -2.40. The Balaban J connectivity index is 2.31. The second-order valence-electron chi connectivity index (χ2n) is 5.29. The second-order valence-corrected chi connectivity index (χ2v) is 5.29. The molecule has 0 amide bonds. The van der Waals surface area contributed by atoms with E-state index in [0.29, 0.717) is 6.04 Å². The molecule has 1 unspecified atom stereocenters. The number of nitrogens with two attached hydrogens (primary N) is 1. The monoisotopic (exact) mass is 245 g/mol. The molecule has 3 heteroatoms. The first-order chi connectivity index (χ1) is 8.52. The first kappa shape index (κ1) is 13.1. The molecule has 0 saturated carbocycles. The van der Waals surface area contributed by atoms with Gasteiger partial charge in [-0.15, -0.1) is 0 Å². The maximum atomic E-state index is 6.43. The maximum Gasteiger partial charge on any atom is 0.121 e. The maximum absolute atomic E-state index is 6.43. The fraction of sp³-hybridized carbons (Fsp3) is 0.533. The van der Waals surface area contributed by atoms with Crippen LogP contribution in [0, 0.1) is 13.8 Å². The van der Waals surface area contributed by atoms with Crippen LogP contribution in [0.1, 0.15) is 36.6 Å². The Hall–Kier alpha value is -1.35. The van der Waals surface area contributed by atoms with Gasteiger partial charge in [0.1, 0.15) is 5.84 Å². The van der Waals surface area contributed by atoms with Gasteiger partial charge in [-0.2, -0.15) is 0 Å². The summed E-state index contributed by atoms with van der Waals surface area (Å²) in [6.45, 7) is 10.5. The first-order valence-corrected chi connectivity index (χ1v) is 6.65. The molecule has 1 aliphatic heterocycles. The molecule has 0 bridgehead atoms. The van der Waals surface area contributed by atoms with Gasteiger partial charge in [0.05, 0.1) is 12.6 Å². The highest BCUT2D eigenvalue weighted by Gasteiger charge is 2.26. The van der Waals surface area contributed by atoms with E-state index in [1.165, 1.54) is 16.7 Å². The number of nitrogens with zero attached hydrogens (tertiary/aromatic N) is 2. The Bertz CT molecular complexity index is 463. The van der Waals surface area contributed by atoms with Crippen LogP contribution in [0.4, 0.5) is 0 Å². The van der Waals surface area contributed by atoms with Gasteiger partial charge in [-0.1, -0.05) is 18.2 Å². The summed E-state index contributed by atoms with van der Waals surface area (Å²) in [5, 5.41) is 0. The van der Waals surface area contributed by atoms with Crippen molar-refractivity contribution in [3.63, 3.8) is 0 Å². The topological polar surface area (TPSA) is 41.6 Å². The molecule has 1 aromatic carbocycles. The van der Waals surface area contributed by atoms with E-state index in [2.05, 4.69) is 55.8 Å². The van der Waals surface area contributed by atoms with Crippen LogP contribution in [0.5, 0.6) is 0 Å². The summed E-state index contributed by atoms with van der Waals surface area (Å²) >= 11 is 0. The van der Waals surface area contributed by atoms with Crippen LogP contribution in [0.25, 0.3) is 0 Å². The van der Waals surface area contributed by atoms with Crippen LogP contribution >= 0.6 is 0 Å². The van der Waals surface area contributed by atoms with Crippen molar-refractivity contribution in [2.24, 2.45) is 10.7 Å². The quantitative estimate of drug-likeness (QED) is 0.888. The predicted molar refractivity (Wildman–Crippen MR) is 77.0 cm³/mol.